The van der Waals surface area contributed by atoms with Crippen molar-refractivity contribution in [1.82, 2.24) is 0 Å². The molecule has 2 fully saturated rings. The molecule has 4 aliphatic rings. The number of carbonyl (C=O) groups is 2. The zero-order chi connectivity index (χ0) is 18.1. The van der Waals surface area contributed by atoms with Gasteiger partial charge in [0.05, 0.1) is 0 Å². The second-order valence-electron chi connectivity index (χ2n) is 9.27. The highest BCUT2D eigenvalue weighted by Gasteiger charge is 2.57. The van der Waals surface area contributed by atoms with E-state index >= 15 is 0 Å². The lowest BCUT2D eigenvalue weighted by Crippen LogP contribution is -2.45. The standard InChI is InChI=1S/C23H30O2/c1-13-14(2)23(5)16(12-21(13)25)6-7-17-19-9-8-18(15(3)24)22(19,4)11-10-20(17)23/h10,12,17-19H,6-9,11H2,1-5H3/t17-,18+,19-,22+,23-/m0/s1. The minimum atomic E-state index is -0.0729. The molecule has 0 heterocycles. The Kier molecular flexibility index (Phi) is 3.59. The highest BCUT2D eigenvalue weighted by Crippen LogP contribution is 2.65. The SMILES string of the molecule is CC(=O)[C@H]1CC[C@H]2[C@@H]3CCC4=CC(=O)C(C)=C(C)[C@]4(C)C3=CC[C@]12C. The van der Waals surface area contributed by atoms with E-state index in [2.05, 4.69) is 26.8 Å². The lowest BCUT2D eigenvalue weighted by atomic mass is 9.50. The first-order valence-corrected chi connectivity index (χ1v) is 9.85. The van der Waals surface area contributed by atoms with Gasteiger partial charge in [-0.15, -0.1) is 0 Å². The molecule has 0 aromatic rings. The Hall–Kier alpha value is -1.44. The van der Waals surface area contributed by atoms with E-state index in [1.807, 2.05) is 13.0 Å². The predicted molar refractivity (Wildman–Crippen MR) is 100.0 cm³/mol. The van der Waals surface area contributed by atoms with Crippen LogP contribution in [0.5, 0.6) is 0 Å². The van der Waals surface area contributed by atoms with Gasteiger partial charge in [0.1, 0.15) is 5.78 Å². The summed E-state index contributed by atoms with van der Waals surface area (Å²) in [6.07, 6.45) is 9.78. The van der Waals surface area contributed by atoms with Crippen LogP contribution in [0.15, 0.2) is 34.4 Å². The Morgan fingerprint density at radius 2 is 1.88 bits per heavy atom. The summed E-state index contributed by atoms with van der Waals surface area (Å²) in [5.74, 6) is 1.99. The molecule has 0 bridgehead atoms. The zero-order valence-corrected chi connectivity index (χ0v) is 16.2. The van der Waals surface area contributed by atoms with Crippen LogP contribution >= 0.6 is 0 Å². The smallest absolute Gasteiger partial charge is 0.181 e. The number of carbonyl (C=O) groups excluding carboxylic acids is 2. The van der Waals surface area contributed by atoms with Crippen LogP contribution in [0.25, 0.3) is 0 Å². The fourth-order valence-corrected chi connectivity index (χ4v) is 6.76. The van der Waals surface area contributed by atoms with Gasteiger partial charge in [-0.25, -0.2) is 0 Å². The summed E-state index contributed by atoms with van der Waals surface area (Å²) in [7, 11) is 0. The molecular weight excluding hydrogens is 308 g/mol. The molecule has 134 valence electrons. The fraction of sp³-hybridized carbons (Fsp3) is 0.652. The van der Waals surface area contributed by atoms with Gasteiger partial charge in [0, 0.05) is 11.3 Å². The summed E-state index contributed by atoms with van der Waals surface area (Å²) in [5, 5.41) is 0. The highest BCUT2D eigenvalue weighted by atomic mass is 16.1. The summed E-state index contributed by atoms with van der Waals surface area (Å²) in [6, 6.07) is 0. The summed E-state index contributed by atoms with van der Waals surface area (Å²) in [4.78, 5) is 24.5. The van der Waals surface area contributed by atoms with Gasteiger partial charge in [-0.1, -0.05) is 29.7 Å². The third kappa shape index (κ3) is 2.03. The van der Waals surface area contributed by atoms with Crippen LogP contribution in [0.1, 0.15) is 66.7 Å². The average Bonchev–Trinajstić information content (AvgIpc) is 2.92. The maximum Gasteiger partial charge on any atom is 0.181 e. The van der Waals surface area contributed by atoms with Crippen molar-refractivity contribution in [1.29, 1.82) is 0 Å². The Balaban J connectivity index is 1.81. The number of fused-ring (bicyclic) bond motifs is 5. The largest absolute Gasteiger partial charge is 0.300 e. The molecule has 0 aliphatic heterocycles. The summed E-state index contributed by atoms with van der Waals surface area (Å²) in [5.41, 5.74) is 5.09. The number of allylic oxidation sites excluding steroid dienone is 6. The molecule has 0 radical (unpaired) electrons. The molecule has 0 amide bonds. The van der Waals surface area contributed by atoms with Gasteiger partial charge in [-0.05, 0) is 88.7 Å². The van der Waals surface area contributed by atoms with E-state index in [1.54, 1.807) is 12.5 Å². The van der Waals surface area contributed by atoms with E-state index in [4.69, 9.17) is 0 Å². The van der Waals surface area contributed by atoms with Gasteiger partial charge < -0.3 is 0 Å². The first-order valence-electron chi connectivity index (χ1n) is 9.85. The van der Waals surface area contributed by atoms with Gasteiger partial charge in [0.2, 0.25) is 0 Å². The van der Waals surface area contributed by atoms with E-state index < -0.39 is 0 Å². The van der Waals surface area contributed by atoms with E-state index in [0.29, 0.717) is 17.6 Å². The maximum absolute atomic E-state index is 12.3. The Morgan fingerprint density at radius 3 is 2.56 bits per heavy atom. The Labute approximate surface area is 151 Å². The van der Waals surface area contributed by atoms with Crippen LogP contribution in [0.4, 0.5) is 0 Å². The summed E-state index contributed by atoms with van der Waals surface area (Å²) >= 11 is 0. The third-order valence-corrected chi connectivity index (χ3v) is 8.48. The second kappa shape index (κ2) is 5.28. The maximum atomic E-state index is 12.3. The van der Waals surface area contributed by atoms with E-state index in [-0.39, 0.29) is 22.5 Å². The van der Waals surface area contributed by atoms with Crippen LogP contribution in [0, 0.1) is 28.6 Å². The predicted octanol–water partition coefficient (Wildman–Crippen LogP) is 5.20. The first-order chi connectivity index (χ1) is 11.7. The number of ketones is 2. The van der Waals surface area contributed by atoms with Gasteiger partial charge in [-0.3, -0.25) is 9.59 Å². The Morgan fingerprint density at radius 1 is 1.16 bits per heavy atom. The molecule has 25 heavy (non-hydrogen) atoms. The Bertz CT molecular complexity index is 765. The minimum Gasteiger partial charge on any atom is -0.300 e. The van der Waals surface area contributed by atoms with Crippen LogP contribution < -0.4 is 0 Å². The second-order valence-corrected chi connectivity index (χ2v) is 9.27. The molecule has 2 heteroatoms. The van der Waals surface area contributed by atoms with Crippen molar-refractivity contribution in [3.8, 4) is 0 Å². The molecular formula is C23H30O2. The molecule has 0 aromatic heterocycles. The molecule has 0 aromatic carbocycles. The van der Waals surface area contributed by atoms with Crippen LogP contribution in [0.2, 0.25) is 0 Å². The molecule has 5 atom stereocenters. The first kappa shape index (κ1) is 17.0. The molecule has 4 rings (SSSR count). The molecule has 0 spiro atoms. The zero-order valence-electron chi connectivity index (χ0n) is 16.2. The molecule has 4 aliphatic carbocycles. The minimum absolute atomic E-state index is 0.0729. The summed E-state index contributed by atoms with van der Waals surface area (Å²) in [6.45, 7) is 10.6. The molecule has 0 N–H and O–H groups in total. The quantitative estimate of drug-likeness (QED) is 0.616. The molecule has 0 saturated heterocycles. The van der Waals surface area contributed by atoms with Crippen LogP contribution in [0.3, 0.4) is 0 Å². The number of hydrogen-bond acceptors (Lipinski definition) is 2. The monoisotopic (exact) mass is 338 g/mol. The summed E-state index contributed by atoms with van der Waals surface area (Å²) < 4.78 is 0. The van der Waals surface area contributed by atoms with Gasteiger partial charge >= 0.3 is 0 Å². The molecule has 2 nitrogen and oxygen atoms in total. The van der Waals surface area contributed by atoms with Crippen molar-refractivity contribution in [2.45, 2.75) is 66.7 Å². The molecule has 0 unspecified atom stereocenters. The van der Waals surface area contributed by atoms with E-state index in [0.717, 1.165) is 31.3 Å². The van der Waals surface area contributed by atoms with Crippen molar-refractivity contribution >= 4 is 11.6 Å². The van der Waals surface area contributed by atoms with Crippen molar-refractivity contribution in [2.24, 2.45) is 28.6 Å². The number of Topliss-reactive ketones (excluding diaryl/α,β-unsaturated/α-hetero) is 1. The highest BCUT2D eigenvalue weighted by molar-refractivity contribution is 6.06. The normalized spacial score (nSPS) is 43.1. The van der Waals surface area contributed by atoms with Gasteiger partial charge in [-0.2, -0.15) is 0 Å². The lowest BCUT2D eigenvalue weighted by molar-refractivity contribution is -0.124. The van der Waals surface area contributed by atoms with Crippen molar-refractivity contribution in [2.75, 3.05) is 0 Å². The number of hydrogen-bond donors (Lipinski definition) is 0. The van der Waals surface area contributed by atoms with Gasteiger partial charge in [0.15, 0.2) is 5.78 Å². The van der Waals surface area contributed by atoms with Crippen molar-refractivity contribution in [3.63, 3.8) is 0 Å². The van der Waals surface area contributed by atoms with Gasteiger partial charge in [0.25, 0.3) is 0 Å². The van der Waals surface area contributed by atoms with Crippen molar-refractivity contribution < 1.29 is 9.59 Å². The topological polar surface area (TPSA) is 34.1 Å². The number of rotatable bonds is 1. The van der Waals surface area contributed by atoms with Crippen LogP contribution in [-0.2, 0) is 9.59 Å². The average molecular weight is 338 g/mol. The molecule has 2 saturated carbocycles. The third-order valence-electron chi connectivity index (χ3n) is 8.48. The van der Waals surface area contributed by atoms with E-state index in [9.17, 15) is 9.59 Å². The lowest BCUT2D eigenvalue weighted by Gasteiger charge is -2.54. The van der Waals surface area contributed by atoms with Crippen molar-refractivity contribution in [3.05, 3.63) is 34.4 Å². The fourth-order valence-electron chi connectivity index (χ4n) is 6.76. The van der Waals surface area contributed by atoms with Crippen LogP contribution in [-0.4, -0.2) is 11.6 Å². The van der Waals surface area contributed by atoms with E-state index in [1.165, 1.54) is 17.6 Å².